The molecule has 0 saturated heterocycles. The molecular formula is C11H12N4O4S. The van der Waals surface area contributed by atoms with E-state index in [0.717, 1.165) is 6.92 Å². The van der Waals surface area contributed by atoms with Gasteiger partial charge in [0.05, 0.1) is 11.4 Å². The minimum atomic E-state index is -3.99. The Morgan fingerprint density at radius 3 is 2.60 bits per heavy atom. The molecule has 0 aliphatic rings. The van der Waals surface area contributed by atoms with Crippen molar-refractivity contribution in [3.05, 3.63) is 36.9 Å². The molecule has 2 rings (SSSR count). The normalized spacial score (nSPS) is 12.8. The van der Waals surface area contributed by atoms with Gasteiger partial charge in [0.2, 0.25) is 10.0 Å². The predicted molar refractivity (Wildman–Crippen MR) is 71.0 cm³/mol. The van der Waals surface area contributed by atoms with Gasteiger partial charge in [0.1, 0.15) is 12.7 Å². The number of hydrogen-bond acceptors (Lipinski definition) is 5. The Balaban J connectivity index is 2.27. The number of hydrogen-bond donors (Lipinski definition) is 2. The van der Waals surface area contributed by atoms with Crippen LogP contribution >= 0.6 is 0 Å². The molecule has 1 aromatic carbocycles. The molecule has 0 fully saturated rings. The highest BCUT2D eigenvalue weighted by molar-refractivity contribution is 7.94. The Morgan fingerprint density at radius 1 is 1.35 bits per heavy atom. The molecule has 1 heterocycles. The molecule has 0 aliphatic carbocycles. The quantitative estimate of drug-likeness (QED) is 0.829. The number of rotatable bonds is 5. The number of benzene rings is 1. The van der Waals surface area contributed by atoms with Crippen molar-refractivity contribution in [1.82, 2.24) is 14.8 Å². The molecule has 8 nitrogen and oxygen atoms in total. The smallest absolute Gasteiger partial charge is 0.323 e. The number of anilines is 1. The minimum absolute atomic E-state index is 0.268. The topological polar surface area (TPSA) is 114 Å². The van der Waals surface area contributed by atoms with Crippen LogP contribution in [0, 0.1) is 0 Å². The monoisotopic (exact) mass is 296 g/mol. The first kappa shape index (κ1) is 14.0. The summed E-state index contributed by atoms with van der Waals surface area (Å²) in [6.07, 6.45) is 2.93. The summed E-state index contributed by atoms with van der Waals surface area (Å²) in [6.45, 7) is 1.11. The SMILES string of the molecule is CC(C(=O)O)S(=O)(=O)Nc1cccc(-n2cnnc2)c1. The van der Waals surface area contributed by atoms with Gasteiger partial charge in [0, 0.05) is 0 Å². The molecule has 2 N–H and O–H groups in total. The van der Waals surface area contributed by atoms with Crippen LogP contribution in [0.3, 0.4) is 0 Å². The van der Waals surface area contributed by atoms with Crippen molar-refractivity contribution in [2.24, 2.45) is 0 Å². The molecule has 9 heteroatoms. The fourth-order valence-corrected chi connectivity index (χ4v) is 2.35. The van der Waals surface area contributed by atoms with E-state index in [1.807, 2.05) is 0 Å². The van der Waals surface area contributed by atoms with Crippen molar-refractivity contribution in [1.29, 1.82) is 0 Å². The van der Waals surface area contributed by atoms with E-state index in [4.69, 9.17) is 5.11 Å². The lowest BCUT2D eigenvalue weighted by atomic mass is 10.3. The zero-order valence-electron chi connectivity index (χ0n) is 10.5. The number of aliphatic carboxylic acids is 1. The summed E-state index contributed by atoms with van der Waals surface area (Å²) in [7, 11) is -3.99. The van der Waals surface area contributed by atoms with Crippen molar-refractivity contribution >= 4 is 21.7 Å². The fourth-order valence-electron chi connectivity index (χ4n) is 1.45. The van der Waals surface area contributed by atoms with Crippen molar-refractivity contribution in [2.75, 3.05) is 4.72 Å². The van der Waals surface area contributed by atoms with E-state index >= 15 is 0 Å². The third-order valence-electron chi connectivity index (χ3n) is 2.64. The van der Waals surface area contributed by atoms with Gasteiger partial charge in [-0.05, 0) is 25.1 Å². The maximum atomic E-state index is 11.8. The van der Waals surface area contributed by atoms with E-state index in [-0.39, 0.29) is 5.69 Å². The van der Waals surface area contributed by atoms with E-state index in [9.17, 15) is 13.2 Å². The second kappa shape index (κ2) is 5.29. The van der Waals surface area contributed by atoms with Gasteiger partial charge in [-0.3, -0.25) is 14.1 Å². The van der Waals surface area contributed by atoms with Crippen molar-refractivity contribution in [3.63, 3.8) is 0 Å². The summed E-state index contributed by atoms with van der Waals surface area (Å²) >= 11 is 0. The highest BCUT2D eigenvalue weighted by Crippen LogP contribution is 2.16. The number of sulfonamides is 1. The number of carbonyl (C=O) groups is 1. The van der Waals surface area contributed by atoms with Crippen LogP contribution in [0.5, 0.6) is 0 Å². The number of nitrogens with one attached hydrogen (secondary N) is 1. The number of carboxylic acids is 1. The van der Waals surface area contributed by atoms with E-state index in [2.05, 4.69) is 14.9 Å². The second-order valence-corrected chi connectivity index (χ2v) is 6.05. The first-order valence-corrected chi connectivity index (χ1v) is 7.14. The molecule has 1 unspecified atom stereocenters. The zero-order chi connectivity index (χ0) is 14.8. The van der Waals surface area contributed by atoms with Crippen LogP contribution in [-0.2, 0) is 14.8 Å². The van der Waals surface area contributed by atoms with Gasteiger partial charge < -0.3 is 5.11 Å². The molecule has 0 spiro atoms. The average molecular weight is 296 g/mol. The van der Waals surface area contributed by atoms with Crippen molar-refractivity contribution in [2.45, 2.75) is 12.2 Å². The summed E-state index contributed by atoms with van der Waals surface area (Å²) in [6, 6.07) is 6.45. The van der Waals surface area contributed by atoms with Gasteiger partial charge in [-0.2, -0.15) is 0 Å². The van der Waals surface area contributed by atoms with Crippen LogP contribution in [0.1, 0.15) is 6.92 Å². The summed E-state index contributed by atoms with van der Waals surface area (Å²) in [4.78, 5) is 10.8. The predicted octanol–water partition coefficient (Wildman–Crippen LogP) is 0.482. The molecule has 0 aliphatic heterocycles. The van der Waals surface area contributed by atoms with Gasteiger partial charge in [-0.1, -0.05) is 6.07 Å². The molecule has 0 amide bonds. The van der Waals surface area contributed by atoms with Crippen molar-refractivity contribution < 1.29 is 18.3 Å². The molecule has 2 aromatic rings. The average Bonchev–Trinajstić information content (AvgIpc) is 2.91. The lowest BCUT2D eigenvalue weighted by Gasteiger charge is -2.12. The van der Waals surface area contributed by atoms with E-state index in [1.54, 1.807) is 22.8 Å². The summed E-state index contributed by atoms with van der Waals surface area (Å²) in [5.41, 5.74) is 0.919. The minimum Gasteiger partial charge on any atom is -0.480 e. The summed E-state index contributed by atoms with van der Waals surface area (Å²) < 4.78 is 27.5. The van der Waals surface area contributed by atoms with Crippen molar-refractivity contribution in [3.8, 4) is 5.69 Å². The first-order valence-electron chi connectivity index (χ1n) is 5.59. The Labute approximate surface area is 115 Å². The molecular weight excluding hydrogens is 284 g/mol. The molecule has 0 saturated carbocycles. The van der Waals surface area contributed by atoms with Crippen LogP contribution in [-0.4, -0.2) is 39.5 Å². The van der Waals surface area contributed by atoms with Crippen LogP contribution < -0.4 is 4.72 Å². The number of aromatic nitrogens is 3. The summed E-state index contributed by atoms with van der Waals surface area (Å²) in [5.74, 6) is -1.41. The van der Waals surface area contributed by atoms with Crippen LogP contribution in [0.15, 0.2) is 36.9 Å². The van der Waals surface area contributed by atoms with Crippen LogP contribution in [0.2, 0.25) is 0 Å². The highest BCUT2D eigenvalue weighted by Gasteiger charge is 2.27. The molecule has 1 atom stereocenters. The lowest BCUT2D eigenvalue weighted by Crippen LogP contribution is -2.32. The maximum absolute atomic E-state index is 11.8. The molecule has 106 valence electrons. The summed E-state index contributed by atoms with van der Waals surface area (Å²) in [5, 5.41) is 14.5. The largest absolute Gasteiger partial charge is 0.480 e. The van der Waals surface area contributed by atoms with E-state index in [1.165, 1.54) is 18.7 Å². The van der Waals surface area contributed by atoms with Gasteiger partial charge >= 0.3 is 5.97 Å². The Bertz CT molecular complexity index is 712. The zero-order valence-corrected chi connectivity index (χ0v) is 11.3. The Hall–Kier alpha value is -2.42. The Morgan fingerprint density at radius 2 is 2.00 bits per heavy atom. The molecule has 1 aromatic heterocycles. The van der Waals surface area contributed by atoms with Gasteiger partial charge in [0.15, 0.2) is 5.25 Å². The Kier molecular flexibility index (Phi) is 3.70. The van der Waals surface area contributed by atoms with Crippen LogP contribution in [0.4, 0.5) is 5.69 Å². The molecule has 20 heavy (non-hydrogen) atoms. The number of nitrogens with zero attached hydrogens (tertiary/aromatic N) is 3. The maximum Gasteiger partial charge on any atom is 0.323 e. The third kappa shape index (κ3) is 2.94. The second-order valence-electron chi connectivity index (χ2n) is 4.05. The highest BCUT2D eigenvalue weighted by atomic mass is 32.2. The van der Waals surface area contributed by atoms with Crippen LogP contribution in [0.25, 0.3) is 5.69 Å². The fraction of sp³-hybridized carbons (Fsp3) is 0.182. The van der Waals surface area contributed by atoms with E-state index in [0.29, 0.717) is 5.69 Å². The number of carboxylic acid groups (broad SMARTS) is 1. The van der Waals surface area contributed by atoms with Gasteiger partial charge in [0.25, 0.3) is 0 Å². The lowest BCUT2D eigenvalue weighted by molar-refractivity contribution is -0.136. The standard InChI is InChI=1S/C11H12N4O4S/c1-8(11(16)17)20(18,19)14-9-3-2-4-10(5-9)15-6-12-13-7-15/h2-8,14H,1H3,(H,16,17). The third-order valence-corrected chi connectivity index (χ3v) is 4.29. The van der Waals surface area contributed by atoms with E-state index < -0.39 is 21.2 Å². The van der Waals surface area contributed by atoms with Gasteiger partial charge in [-0.15, -0.1) is 10.2 Å². The first-order chi connectivity index (χ1) is 9.40. The molecule has 0 radical (unpaired) electrons. The van der Waals surface area contributed by atoms with Gasteiger partial charge in [-0.25, -0.2) is 8.42 Å². The molecule has 0 bridgehead atoms.